The summed E-state index contributed by atoms with van der Waals surface area (Å²) < 4.78 is 44.1. The Morgan fingerprint density at radius 3 is 2.03 bits per heavy atom. The summed E-state index contributed by atoms with van der Waals surface area (Å²) in [5.41, 5.74) is 1.29. The number of hydrogen-bond acceptors (Lipinski definition) is 4. The third kappa shape index (κ3) is 6.01. The Hall–Kier alpha value is -1.68. The molecule has 1 amide bonds. The van der Waals surface area contributed by atoms with Crippen LogP contribution in [0.3, 0.4) is 0 Å². The maximum atomic E-state index is 13.4. The lowest BCUT2D eigenvalue weighted by atomic mass is 9.85. The number of amides is 1. The first-order valence-electron chi connectivity index (χ1n) is 10.4. The summed E-state index contributed by atoms with van der Waals surface area (Å²) in [6.07, 6.45) is -2.80. The summed E-state index contributed by atoms with van der Waals surface area (Å²) in [4.78, 5) is 13.4. The average molecular weight is 487 g/mol. The third-order valence-corrected chi connectivity index (χ3v) is 8.78. The predicted molar refractivity (Wildman–Crippen MR) is 126 cm³/mol. The zero-order valence-corrected chi connectivity index (χ0v) is 21.2. The van der Waals surface area contributed by atoms with Crippen molar-refractivity contribution in [1.82, 2.24) is 0 Å². The molecule has 0 bridgehead atoms. The maximum Gasteiger partial charge on any atom is 0.263 e. The van der Waals surface area contributed by atoms with Gasteiger partial charge in [-0.2, -0.15) is 0 Å². The summed E-state index contributed by atoms with van der Waals surface area (Å²) in [6.45, 7) is 12.4. The van der Waals surface area contributed by atoms with Gasteiger partial charge in [-0.1, -0.05) is 27.7 Å². The van der Waals surface area contributed by atoms with Crippen molar-refractivity contribution in [1.29, 1.82) is 0 Å². The summed E-state index contributed by atoms with van der Waals surface area (Å²) in [6, 6.07) is 4.55. The van der Waals surface area contributed by atoms with Crippen molar-refractivity contribution in [2.75, 3.05) is 0 Å². The van der Waals surface area contributed by atoms with E-state index in [0.717, 1.165) is 11.3 Å². The Morgan fingerprint density at radius 2 is 1.66 bits per heavy atom. The van der Waals surface area contributed by atoms with Crippen LogP contribution in [0.4, 0.5) is 8.78 Å². The van der Waals surface area contributed by atoms with E-state index in [1.54, 1.807) is 26.8 Å². The van der Waals surface area contributed by atoms with E-state index in [4.69, 9.17) is 5.14 Å². The molecular weight excluding hydrogens is 454 g/mol. The fourth-order valence-corrected chi connectivity index (χ4v) is 6.27. The van der Waals surface area contributed by atoms with E-state index in [-0.39, 0.29) is 28.0 Å². The van der Waals surface area contributed by atoms with Gasteiger partial charge < -0.3 is 5.11 Å². The highest BCUT2D eigenvalue weighted by molar-refractivity contribution is 7.93. The van der Waals surface area contributed by atoms with E-state index in [9.17, 15) is 22.9 Å². The van der Waals surface area contributed by atoms with E-state index in [2.05, 4.69) is 4.36 Å². The van der Waals surface area contributed by atoms with Crippen LogP contribution in [0.25, 0.3) is 0 Å². The van der Waals surface area contributed by atoms with Crippen molar-refractivity contribution >= 4 is 27.2 Å². The Balaban J connectivity index is 2.54. The van der Waals surface area contributed by atoms with Crippen LogP contribution in [0.2, 0.25) is 0 Å². The molecule has 2 aromatic rings. The Labute approximate surface area is 193 Å². The summed E-state index contributed by atoms with van der Waals surface area (Å²) >= 11 is 1.06. The van der Waals surface area contributed by atoms with Gasteiger partial charge in [-0.25, -0.2) is 18.1 Å². The zero-order valence-electron chi connectivity index (χ0n) is 19.5. The lowest BCUT2D eigenvalue weighted by Gasteiger charge is -2.21. The summed E-state index contributed by atoms with van der Waals surface area (Å²) in [5, 5.41) is 16.2. The van der Waals surface area contributed by atoms with Crippen LogP contribution < -0.4 is 5.14 Å². The smallest absolute Gasteiger partial charge is 0.263 e. The number of alkyl halides is 2. The van der Waals surface area contributed by atoms with E-state index in [0.29, 0.717) is 27.1 Å². The number of aryl methyl sites for hydroxylation is 1. The van der Waals surface area contributed by atoms with Gasteiger partial charge >= 0.3 is 0 Å². The Kier molecular flexibility index (Phi) is 8.03. The van der Waals surface area contributed by atoms with Gasteiger partial charge in [0, 0.05) is 10.4 Å². The van der Waals surface area contributed by atoms with E-state index >= 15 is 0 Å². The number of rotatable bonds is 7. The third-order valence-electron chi connectivity index (χ3n) is 5.14. The lowest BCUT2D eigenvalue weighted by molar-refractivity contribution is -0.117. The van der Waals surface area contributed by atoms with Gasteiger partial charge in [0.25, 0.3) is 12.3 Å². The molecule has 0 aliphatic heterocycles. The van der Waals surface area contributed by atoms with Crippen molar-refractivity contribution in [2.24, 2.45) is 9.50 Å². The standard InChI is InChI=1S/C23H32F2N2O3S2/c1-12(2)16-9-15(21(24)25)10-17(13(3)4)18(16)11-20(28)27-32(26,30)22-14(5)8-19(31-22)23(6,7)29/h8-10,12-13,21,29H,11H2,1-7H3,(H2,26,27,28,30). The molecule has 0 spiro atoms. The molecule has 5 nitrogen and oxygen atoms in total. The molecule has 1 unspecified atom stereocenters. The molecule has 0 fully saturated rings. The lowest BCUT2D eigenvalue weighted by Crippen LogP contribution is -2.17. The van der Waals surface area contributed by atoms with Crippen molar-refractivity contribution in [3.63, 3.8) is 0 Å². The van der Waals surface area contributed by atoms with E-state index < -0.39 is 27.8 Å². The first kappa shape index (κ1) is 26.6. The van der Waals surface area contributed by atoms with Gasteiger partial charge in [-0.15, -0.1) is 15.7 Å². The minimum Gasteiger partial charge on any atom is -0.385 e. The van der Waals surface area contributed by atoms with Gasteiger partial charge in [-0.3, -0.25) is 4.79 Å². The predicted octanol–water partition coefficient (Wildman–Crippen LogP) is 5.94. The molecule has 1 aromatic heterocycles. The number of hydrogen-bond donors (Lipinski definition) is 2. The largest absolute Gasteiger partial charge is 0.385 e. The highest BCUT2D eigenvalue weighted by Crippen LogP contribution is 2.35. The van der Waals surface area contributed by atoms with Gasteiger partial charge in [0.15, 0.2) is 9.92 Å². The van der Waals surface area contributed by atoms with Gasteiger partial charge in [-0.05, 0) is 73.1 Å². The van der Waals surface area contributed by atoms with Crippen LogP contribution in [0.5, 0.6) is 0 Å². The number of carbonyl (C=O) groups is 1. The zero-order chi connectivity index (χ0) is 24.6. The second-order valence-corrected chi connectivity index (χ2v) is 12.2. The second kappa shape index (κ2) is 9.67. The van der Waals surface area contributed by atoms with Crippen LogP contribution in [0.1, 0.15) is 92.5 Å². The molecule has 32 heavy (non-hydrogen) atoms. The fourth-order valence-electron chi connectivity index (χ4n) is 3.54. The molecule has 2 rings (SSSR count). The van der Waals surface area contributed by atoms with Crippen LogP contribution >= 0.6 is 11.3 Å². The Bertz CT molecular complexity index is 1090. The molecule has 3 N–H and O–H groups in total. The highest BCUT2D eigenvalue weighted by atomic mass is 32.2. The molecular formula is C23H32F2N2O3S2. The minimum absolute atomic E-state index is 0.0819. The fraction of sp³-hybridized carbons (Fsp3) is 0.522. The molecule has 1 atom stereocenters. The number of nitrogens with zero attached hydrogens (tertiary/aromatic N) is 1. The van der Waals surface area contributed by atoms with Crippen molar-refractivity contribution in [2.45, 2.75) is 83.0 Å². The van der Waals surface area contributed by atoms with Crippen LogP contribution in [0.15, 0.2) is 26.8 Å². The van der Waals surface area contributed by atoms with Gasteiger partial charge in [0.2, 0.25) is 0 Å². The first-order chi connectivity index (χ1) is 14.5. The highest BCUT2D eigenvalue weighted by Gasteiger charge is 2.25. The number of halogens is 2. The van der Waals surface area contributed by atoms with E-state index in [1.165, 1.54) is 12.1 Å². The van der Waals surface area contributed by atoms with Crippen molar-refractivity contribution in [3.8, 4) is 0 Å². The summed E-state index contributed by atoms with van der Waals surface area (Å²) in [5.74, 6) is -0.862. The normalized spacial score (nSPS) is 14.3. The monoisotopic (exact) mass is 486 g/mol. The molecule has 0 aliphatic carbocycles. The van der Waals surface area contributed by atoms with Gasteiger partial charge in [0.05, 0.1) is 12.0 Å². The number of benzene rings is 1. The number of thiophene rings is 1. The maximum absolute atomic E-state index is 13.4. The number of nitrogens with two attached hydrogens (primary N) is 1. The molecule has 0 saturated carbocycles. The molecule has 1 aromatic carbocycles. The quantitative estimate of drug-likeness (QED) is 0.507. The Morgan fingerprint density at radius 1 is 1.16 bits per heavy atom. The number of aliphatic hydroxyl groups is 1. The molecule has 178 valence electrons. The van der Waals surface area contributed by atoms with Crippen molar-refractivity contribution in [3.05, 3.63) is 50.9 Å². The van der Waals surface area contributed by atoms with E-state index in [1.807, 2.05) is 27.7 Å². The average Bonchev–Trinajstić information content (AvgIpc) is 3.03. The number of carbonyl (C=O) groups excluding carboxylic acids is 1. The van der Waals surface area contributed by atoms with Crippen LogP contribution in [-0.4, -0.2) is 15.2 Å². The topological polar surface area (TPSA) is 92.8 Å². The molecule has 0 radical (unpaired) electrons. The SMILES string of the molecule is Cc1cc(C(C)(C)O)sc1S(N)(=O)=NC(=O)Cc1c(C(C)C)cc(C(F)F)cc1C(C)C. The van der Waals surface area contributed by atoms with Crippen molar-refractivity contribution < 1.29 is 22.9 Å². The van der Waals surface area contributed by atoms with Gasteiger partial charge in [0.1, 0.15) is 4.21 Å². The first-order valence-corrected chi connectivity index (χ1v) is 12.8. The second-order valence-electron chi connectivity index (χ2n) is 9.16. The van der Waals surface area contributed by atoms with Crippen LogP contribution in [-0.2, 0) is 26.7 Å². The van der Waals surface area contributed by atoms with Crippen LogP contribution in [0, 0.1) is 6.92 Å². The molecule has 9 heteroatoms. The molecule has 0 saturated heterocycles. The molecule has 0 aliphatic rings. The minimum atomic E-state index is -3.52. The summed E-state index contributed by atoms with van der Waals surface area (Å²) in [7, 11) is -3.52. The molecule has 1 heterocycles.